The lowest BCUT2D eigenvalue weighted by molar-refractivity contribution is -0.161. The van der Waals surface area contributed by atoms with Gasteiger partial charge in [0.1, 0.15) is 30.7 Å². The fourth-order valence-electron chi connectivity index (χ4n) is 6.82. The maximum Gasteiger partial charge on any atom is 0.481 e. The molecule has 7 atom stereocenters. The van der Waals surface area contributed by atoms with E-state index in [1.54, 1.807) is 12.2 Å². The molecule has 1 saturated heterocycles. The molecule has 0 radical (unpaired) electrons. The molecule has 0 bridgehead atoms. The number of aromatic nitrogens is 2. The molecule has 0 aromatic carbocycles. The molecule has 19 nitrogen and oxygen atoms in total. The molecule has 2 heterocycles. The maximum atomic E-state index is 12.9. The summed E-state index contributed by atoms with van der Waals surface area (Å²) in [6.07, 6.45) is 43.0. The maximum absolute atomic E-state index is 12.9. The number of esters is 2. The number of anilines is 1. The third kappa shape index (κ3) is 33.0. The molecule has 0 aliphatic carbocycles. The largest absolute Gasteiger partial charge is 0.481 e. The SMILES string of the molecule is CC/C=C\C/C=C\C/C=C\C/C=C\C/C=C\CCCCCC(=O)OC[C@H](COP(=O)(O)OP(=O)(O)OC[C@H]1O[C@@H](n2ccc(N)nc2=O)[C@H](O)[C@@H]1O)OC(=O)CCC/C=C\C/C=C\C/C=C\C=C\C(=O)CCCCC. The third-order valence-electron chi connectivity index (χ3n) is 10.8. The van der Waals surface area contributed by atoms with Crippen molar-refractivity contribution in [2.75, 3.05) is 25.6 Å². The van der Waals surface area contributed by atoms with Crippen molar-refractivity contribution in [2.45, 2.75) is 166 Å². The molecule has 418 valence electrons. The van der Waals surface area contributed by atoms with Crippen LogP contribution in [0.2, 0.25) is 0 Å². The van der Waals surface area contributed by atoms with Crippen LogP contribution in [0.1, 0.15) is 142 Å². The van der Waals surface area contributed by atoms with Gasteiger partial charge in [0.25, 0.3) is 0 Å². The molecule has 75 heavy (non-hydrogen) atoms. The van der Waals surface area contributed by atoms with Gasteiger partial charge in [-0.1, -0.05) is 136 Å². The van der Waals surface area contributed by atoms with Gasteiger partial charge >= 0.3 is 33.3 Å². The Hall–Kier alpha value is -4.91. The zero-order chi connectivity index (χ0) is 55.0. The number of aliphatic hydroxyl groups is 2. The van der Waals surface area contributed by atoms with Crippen LogP contribution in [0.5, 0.6) is 0 Å². The summed E-state index contributed by atoms with van der Waals surface area (Å²) < 4.78 is 56.7. The fraction of sp³-hybridized carbons (Fsp3) is 0.537. The van der Waals surface area contributed by atoms with Gasteiger partial charge in [-0.25, -0.2) is 13.9 Å². The molecule has 1 aromatic heterocycles. The van der Waals surface area contributed by atoms with Crippen molar-refractivity contribution in [1.82, 2.24) is 9.55 Å². The number of phosphoric acid groups is 2. The van der Waals surface area contributed by atoms with E-state index in [2.05, 4.69) is 83.9 Å². The molecule has 0 saturated carbocycles. The minimum Gasteiger partial charge on any atom is -0.462 e. The second-order valence-electron chi connectivity index (χ2n) is 17.3. The van der Waals surface area contributed by atoms with Gasteiger partial charge in [0.15, 0.2) is 18.1 Å². The lowest BCUT2D eigenvalue weighted by Crippen LogP contribution is -2.36. The summed E-state index contributed by atoms with van der Waals surface area (Å²) in [4.78, 5) is 73.7. The van der Waals surface area contributed by atoms with E-state index < -0.39 is 83.7 Å². The van der Waals surface area contributed by atoms with E-state index in [9.17, 15) is 48.3 Å². The second kappa shape index (κ2) is 40.4. The number of nitrogen functional groups attached to an aromatic ring is 1. The third-order valence-corrected chi connectivity index (χ3v) is 13.4. The van der Waals surface area contributed by atoms with Crippen molar-refractivity contribution in [2.24, 2.45) is 0 Å². The predicted molar refractivity (Wildman–Crippen MR) is 289 cm³/mol. The van der Waals surface area contributed by atoms with Crippen molar-refractivity contribution in [3.63, 3.8) is 0 Å². The Balaban J connectivity index is 1.85. The number of ether oxygens (including phenoxy) is 3. The van der Waals surface area contributed by atoms with Gasteiger partial charge in [0.2, 0.25) is 0 Å². The normalized spacial score (nSPS) is 19.6. The fourth-order valence-corrected chi connectivity index (χ4v) is 8.93. The van der Waals surface area contributed by atoms with Crippen LogP contribution in [0.4, 0.5) is 5.82 Å². The van der Waals surface area contributed by atoms with Gasteiger partial charge in [0.05, 0.1) is 13.2 Å². The van der Waals surface area contributed by atoms with Gasteiger partial charge in [-0.3, -0.25) is 28.0 Å². The van der Waals surface area contributed by atoms with Crippen LogP contribution in [-0.2, 0) is 51.1 Å². The highest BCUT2D eigenvalue weighted by atomic mass is 31.3. The summed E-state index contributed by atoms with van der Waals surface area (Å²) in [5.74, 6) is -1.33. The number of aliphatic hydroxyl groups excluding tert-OH is 2. The van der Waals surface area contributed by atoms with E-state index >= 15 is 0 Å². The number of ketones is 1. The van der Waals surface area contributed by atoms with Crippen molar-refractivity contribution >= 4 is 39.2 Å². The van der Waals surface area contributed by atoms with Gasteiger partial charge in [-0.2, -0.15) is 9.29 Å². The Morgan fingerprint density at radius 1 is 0.693 bits per heavy atom. The van der Waals surface area contributed by atoms with Crippen molar-refractivity contribution in [1.29, 1.82) is 0 Å². The first-order valence-corrected chi connectivity index (χ1v) is 28.8. The number of hydrogen-bond donors (Lipinski definition) is 5. The Labute approximate surface area is 442 Å². The second-order valence-corrected chi connectivity index (χ2v) is 20.4. The van der Waals surface area contributed by atoms with E-state index in [4.69, 9.17) is 29.0 Å². The topological polar surface area (TPSA) is 283 Å². The van der Waals surface area contributed by atoms with E-state index in [1.165, 1.54) is 6.07 Å². The first-order valence-electron chi connectivity index (χ1n) is 25.9. The molecule has 1 aliphatic rings. The first kappa shape index (κ1) is 66.2. The Bertz CT molecular complexity index is 2250. The molecule has 1 aliphatic heterocycles. The van der Waals surface area contributed by atoms with Crippen LogP contribution < -0.4 is 11.4 Å². The highest BCUT2D eigenvalue weighted by Gasteiger charge is 2.46. The zero-order valence-electron chi connectivity index (χ0n) is 43.5. The number of carbonyl (C=O) groups is 3. The van der Waals surface area contributed by atoms with Crippen LogP contribution in [0.3, 0.4) is 0 Å². The van der Waals surface area contributed by atoms with E-state index in [0.29, 0.717) is 38.5 Å². The summed E-state index contributed by atoms with van der Waals surface area (Å²) in [7, 11) is -10.9. The van der Waals surface area contributed by atoms with Gasteiger partial charge < -0.3 is 39.9 Å². The molecular formula is C54H81N3O16P2. The number of unbranched alkanes of at least 4 members (excludes halogenated alkanes) is 6. The minimum atomic E-state index is -5.46. The van der Waals surface area contributed by atoms with Crippen LogP contribution in [0.25, 0.3) is 0 Å². The monoisotopic (exact) mass is 1090 g/mol. The standard InChI is InChI=1S/C54H81N3O16P2/c1-3-5-7-8-9-10-11-12-13-14-15-16-17-18-21-24-27-30-34-38-49(59)68-42-46(71-50(60)39-35-31-28-25-22-19-20-23-26-29-33-37-45(58)36-32-6-4-2)43-69-74(64,65)73-75(66,67)70-44-47-51(61)52(62)53(72-47)57-41-40-48(55)56-54(57)63/h5,7,9-10,12-13,15-16,18-21,25-26,28-29,33,37,40-41,46-47,51-53,61-62H,3-4,6,8,11,14,17,22-24,27,30-32,34-36,38-39,42-44H2,1-2H3,(H,64,65)(H,66,67)(H2,55,56,63)/b7-5-,10-9-,13-12-,16-15-,20-19-,21-18-,28-25-,29-26-,37-33+/t46-,47-,51-,52-,53-/m1/s1. The van der Waals surface area contributed by atoms with Crippen molar-refractivity contribution in [3.8, 4) is 0 Å². The first-order chi connectivity index (χ1) is 36.1. The molecule has 21 heteroatoms. The lowest BCUT2D eigenvalue weighted by atomic mass is 10.1. The van der Waals surface area contributed by atoms with Crippen molar-refractivity contribution < 1.29 is 71.1 Å². The van der Waals surface area contributed by atoms with Gasteiger partial charge in [-0.05, 0) is 95.6 Å². The highest BCUT2D eigenvalue weighted by molar-refractivity contribution is 7.61. The molecular weight excluding hydrogens is 1010 g/mol. The Morgan fingerprint density at radius 2 is 1.25 bits per heavy atom. The summed E-state index contributed by atoms with van der Waals surface area (Å²) >= 11 is 0. The van der Waals surface area contributed by atoms with E-state index in [-0.39, 0.29) is 24.4 Å². The molecule has 1 fully saturated rings. The van der Waals surface area contributed by atoms with Gasteiger partial charge in [-0.15, -0.1) is 0 Å². The van der Waals surface area contributed by atoms with Crippen LogP contribution in [0, 0.1) is 0 Å². The Morgan fingerprint density at radius 3 is 1.87 bits per heavy atom. The summed E-state index contributed by atoms with van der Waals surface area (Å²) in [5, 5.41) is 20.9. The smallest absolute Gasteiger partial charge is 0.462 e. The predicted octanol–water partition coefficient (Wildman–Crippen LogP) is 10.2. The van der Waals surface area contributed by atoms with E-state index in [0.717, 1.165) is 81.4 Å². The van der Waals surface area contributed by atoms with Crippen LogP contribution in [0.15, 0.2) is 126 Å². The lowest BCUT2D eigenvalue weighted by Gasteiger charge is -2.21. The summed E-state index contributed by atoms with van der Waals surface area (Å²) in [6, 6.07) is 1.24. The molecule has 0 amide bonds. The molecule has 2 unspecified atom stereocenters. The van der Waals surface area contributed by atoms with Crippen LogP contribution in [-0.4, -0.2) is 91.5 Å². The number of nitrogens with two attached hydrogens (primary N) is 1. The molecule has 1 aromatic rings. The zero-order valence-corrected chi connectivity index (χ0v) is 45.3. The highest BCUT2D eigenvalue weighted by Crippen LogP contribution is 2.60. The molecule has 0 spiro atoms. The van der Waals surface area contributed by atoms with E-state index in [1.807, 2.05) is 36.5 Å². The minimum absolute atomic E-state index is 0.0571. The van der Waals surface area contributed by atoms with Crippen LogP contribution >= 0.6 is 15.6 Å². The molecule has 6 N–H and O–H groups in total. The number of rotatable bonds is 41. The number of hydrogen-bond acceptors (Lipinski definition) is 16. The Kier molecular flexibility index (Phi) is 35.6. The summed E-state index contributed by atoms with van der Waals surface area (Å²) in [6.45, 7) is 1.77. The van der Waals surface area contributed by atoms with Gasteiger partial charge in [0, 0.05) is 25.5 Å². The average Bonchev–Trinajstić information content (AvgIpc) is 3.64. The number of phosphoric ester groups is 2. The van der Waals surface area contributed by atoms with Crippen molar-refractivity contribution in [3.05, 3.63) is 132 Å². The number of nitrogens with zero attached hydrogens (tertiary/aromatic N) is 2. The molecule has 2 rings (SSSR count). The average molecular weight is 1090 g/mol. The number of carbonyl (C=O) groups excluding carboxylic acids is 3. The summed E-state index contributed by atoms with van der Waals surface area (Å²) in [5.41, 5.74) is 4.57. The quantitative estimate of drug-likeness (QED) is 0.0102. The number of allylic oxidation sites excluding steroid dienone is 18.